The monoisotopic (exact) mass is 255 g/mol. The molecule has 0 aliphatic rings. The molecule has 2 N–H and O–H groups in total. The Morgan fingerprint density at radius 3 is 2.59 bits per heavy atom. The SMILES string of the molecule is CC(C)(CN)CCCCOc1ccccc1Cl. The molecule has 0 saturated heterocycles. The van der Waals surface area contributed by atoms with E-state index in [0.29, 0.717) is 11.6 Å². The Morgan fingerprint density at radius 1 is 1.24 bits per heavy atom. The highest BCUT2D eigenvalue weighted by molar-refractivity contribution is 6.32. The fraction of sp³-hybridized carbons (Fsp3) is 0.571. The quantitative estimate of drug-likeness (QED) is 0.751. The molecule has 0 unspecified atom stereocenters. The second-order valence-electron chi connectivity index (χ2n) is 5.10. The number of nitrogens with two attached hydrogens (primary N) is 1. The molecule has 1 aromatic rings. The first kappa shape index (κ1) is 14.3. The second-order valence-corrected chi connectivity index (χ2v) is 5.51. The van der Waals surface area contributed by atoms with Crippen LogP contribution in [0.2, 0.25) is 5.02 Å². The van der Waals surface area contributed by atoms with Gasteiger partial charge in [-0.25, -0.2) is 0 Å². The van der Waals surface area contributed by atoms with Gasteiger partial charge in [-0.1, -0.05) is 37.6 Å². The first-order valence-electron chi connectivity index (χ1n) is 6.12. The lowest BCUT2D eigenvalue weighted by molar-refractivity contribution is 0.279. The summed E-state index contributed by atoms with van der Waals surface area (Å²) in [7, 11) is 0. The molecule has 17 heavy (non-hydrogen) atoms. The van der Waals surface area contributed by atoms with Gasteiger partial charge < -0.3 is 10.5 Å². The second kappa shape index (κ2) is 6.87. The summed E-state index contributed by atoms with van der Waals surface area (Å²) in [5.74, 6) is 0.771. The van der Waals surface area contributed by atoms with Crippen molar-refractivity contribution in [1.82, 2.24) is 0 Å². The first-order chi connectivity index (χ1) is 8.05. The maximum atomic E-state index is 5.99. The largest absolute Gasteiger partial charge is 0.492 e. The van der Waals surface area contributed by atoms with E-state index >= 15 is 0 Å². The van der Waals surface area contributed by atoms with Crippen molar-refractivity contribution < 1.29 is 4.74 Å². The third-order valence-corrected chi connectivity index (χ3v) is 3.21. The Labute approximate surface area is 109 Å². The number of halogens is 1. The van der Waals surface area contributed by atoms with E-state index < -0.39 is 0 Å². The summed E-state index contributed by atoms with van der Waals surface area (Å²) in [6, 6.07) is 7.57. The van der Waals surface area contributed by atoms with Gasteiger partial charge in [0.25, 0.3) is 0 Å². The molecule has 0 fully saturated rings. The third-order valence-electron chi connectivity index (χ3n) is 2.89. The molecular formula is C14H22ClNO. The average Bonchev–Trinajstić information content (AvgIpc) is 2.31. The van der Waals surface area contributed by atoms with Crippen LogP contribution in [0.3, 0.4) is 0 Å². The Kier molecular flexibility index (Phi) is 5.79. The van der Waals surface area contributed by atoms with Crippen LogP contribution in [-0.4, -0.2) is 13.2 Å². The minimum atomic E-state index is 0.240. The summed E-state index contributed by atoms with van der Waals surface area (Å²) in [5, 5.41) is 0.676. The van der Waals surface area contributed by atoms with Crippen LogP contribution in [0.1, 0.15) is 33.1 Å². The van der Waals surface area contributed by atoms with Gasteiger partial charge >= 0.3 is 0 Å². The van der Waals surface area contributed by atoms with Crippen molar-refractivity contribution in [1.29, 1.82) is 0 Å². The standard InChI is InChI=1S/C14H22ClNO/c1-14(2,11-16)9-5-6-10-17-13-8-4-3-7-12(13)15/h3-4,7-8H,5-6,9-11,16H2,1-2H3. The third kappa shape index (κ3) is 5.42. The van der Waals surface area contributed by atoms with Crippen molar-refractivity contribution in [2.24, 2.45) is 11.1 Å². The summed E-state index contributed by atoms with van der Waals surface area (Å²) in [6.45, 7) is 5.84. The zero-order chi connectivity index (χ0) is 12.7. The van der Waals surface area contributed by atoms with E-state index in [1.807, 2.05) is 24.3 Å². The molecule has 1 rings (SSSR count). The van der Waals surface area contributed by atoms with Gasteiger partial charge in [0.15, 0.2) is 0 Å². The van der Waals surface area contributed by atoms with E-state index in [1.165, 1.54) is 0 Å². The van der Waals surface area contributed by atoms with Crippen LogP contribution in [0.15, 0.2) is 24.3 Å². The van der Waals surface area contributed by atoms with Crippen molar-refractivity contribution in [3.05, 3.63) is 29.3 Å². The van der Waals surface area contributed by atoms with Gasteiger partial charge in [0, 0.05) is 0 Å². The maximum absolute atomic E-state index is 5.99. The normalized spacial score (nSPS) is 11.5. The summed E-state index contributed by atoms with van der Waals surface area (Å²) >= 11 is 5.99. The highest BCUT2D eigenvalue weighted by atomic mass is 35.5. The van der Waals surface area contributed by atoms with Gasteiger partial charge in [-0.05, 0) is 43.4 Å². The molecule has 0 aliphatic heterocycles. The lowest BCUT2D eigenvalue weighted by atomic mass is 9.87. The predicted molar refractivity (Wildman–Crippen MR) is 73.6 cm³/mol. The summed E-state index contributed by atoms with van der Waals surface area (Å²) in [6.07, 6.45) is 3.30. The fourth-order valence-corrected chi connectivity index (χ4v) is 1.74. The average molecular weight is 256 g/mol. The van der Waals surface area contributed by atoms with Crippen LogP contribution >= 0.6 is 11.6 Å². The van der Waals surface area contributed by atoms with Gasteiger partial charge in [0.2, 0.25) is 0 Å². The molecular weight excluding hydrogens is 234 g/mol. The van der Waals surface area contributed by atoms with Crippen molar-refractivity contribution >= 4 is 11.6 Å². The lowest BCUT2D eigenvalue weighted by Crippen LogP contribution is -2.23. The number of rotatable bonds is 7. The van der Waals surface area contributed by atoms with Crippen LogP contribution in [-0.2, 0) is 0 Å². The van der Waals surface area contributed by atoms with E-state index in [1.54, 1.807) is 0 Å². The van der Waals surface area contributed by atoms with Crippen molar-refractivity contribution in [3.8, 4) is 5.75 Å². The van der Waals surface area contributed by atoms with Gasteiger partial charge in [-0.3, -0.25) is 0 Å². The van der Waals surface area contributed by atoms with Crippen LogP contribution in [0.5, 0.6) is 5.75 Å². The zero-order valence-corrected chi connectivity index (χ0v) is 11.5. The van der Waals surface area contributed by atoms with Crippen LogP contribution in [0.4, 0.5) is 0 Å². The summed E-state index contributed by atoms with van der Waals surface area (Å²) in [5.41, 5.74) is 5.92. The number of para-hydroxylation sites is 1. The van der Waals surface area contributed by atoms with E-state index in [9.17, 15) is 0 Å². The molecule has 2 nitrogen and oxygen atoms in total. The molecule has 0 radical (unpaired) electrons. The summed E-state index contributed by atoms with van der Waals surface area (Å²) < 4.78 is 5.62. The lowest BCUT2D eigenvalue weighted by Gasteiger charge is -2.21. The van der Waals surface area contributed by atoms with E-state index in [0.717, 1.165) is 31.6 Å². The first-order valence-corrected chi connectivity index (χ1v) is 6.50. The Bertz CT molecular complexity index is 339. The maximum Gasteiger partial charge on any atom is 0.137 e. The summed E-state index contributed by atoms with van der Waals surface area (Å²) in [4.78, 5) is 0. The number of ether oxygens (including phenoxy) is 1. The zero-order valence-electron chi connectivity index (χ0n) is 10.7. The molecule has 0 amide bonds. The molecule has 0 aromatic heterocycles. The molecule has 0 bridgehead atoms. The Hall–Kier alpha value is -0.730. The molecule has 0 aliphatic carbocycles. The predicted octanol–water partition coefficient (Wildman–Crippen LogP) is 3.87. The fourth-order valence-electron chi connectivity index (χ4n) is 1.55. The van der Waals surface area contributed by atoms with E-state index in [2.05, 4.69) is 13.8 Å². The molecule has 3 heteroatoms. The van der Waals surface area contributed by atoms with Gasteiger partial charge in [0.05, 0.1) is 11.6 Å². The molecule has 0 spiro atoms. The van der Waals surface area contributed by atoms with Gasteiger partial charge in [-0.15, -0.1) is 0 Å². The Morgan fingerprint density at radius 2 is 1.94 bits per heavy atom. The molecule has 1 aromatic carbocycles. The molecule has 0 heterocycles. The highest BCUT2D eigenvalue weighted by Crippen LogP contribution is 2.24. The van der Waals surface area contributed by atoms with Crippen LogP contribution in [0.25, 0.3) is 0 Å². The topological polar surface area (TPSA) is 35.2 Å². The van der Waals surface area contributed by atoms with Gasteiger partial charge in [-0.2, -0.15) is 0 Å². The van der Waals surface area contributed by atoms with E-state index in [-0.39, 0.29) is 5.41 Å². The minimum Gasteiger partial charge on any atom is -0.492 e. The van der Waals surface area contributed by atoms with E-state index in [4.69, 9.17) is 22.1 Å². The molecule has 0 atom stereocenters. The molecule has 0 saturated carbocycles. The molecule has 96 valence electrons. The Balaban J connectivity index is 2.19. The van der Waals surface area contributed by atoms with Crippen molar-refractivity contribution in [3.63, 3.8) is 0 Å². The smallest absolute Gasteiger partial charge is 0.137 e. The number of benzene rings is 1. The van der Waals surface area contributed by atoms with Crippen LogP contribution < -0.4 is 10.5 Å². The van der Waals surface area contributed by atoms with Crippen molar-refractivity contribution in [2.45, 2.75) is 33.1 Å². The van der Waals surface area contributed by atoms with Crippen molar-refractivity contribution in [2.75, 3.05) is 13.2 Å². The number of hydrogen-bond donors (Lipinski definition) is 1. The van der Waals surface area contributed by atoms with Gasteiger partial charge in [0.1, 0.15) is 5.75 Å². The highest BCUT2D eigenvalue weighted by Gasteiger charge is 2.14. The number of unbranched alkanes of at least 4 members (excludes halogenated alkanes) is 1. The number of hydrogen-bond acceptors (Lipinski definition) is 2. The van der Waals surface area contributed by atoms with Crippen LogP contribution in [0, 0.1) is 5.41 Å². The minimum absolute atomic E-state index is 0.240.